The van der Waals surface area contributed by atoms with Gasteiger partial charge in [0.1, 0.15) is 6.33 Å². The molecule has 0 aliphatic heterocycles. The summed E-state index contributed by atoms with van der Waals surface area (Å²) < 4.78 is 1.69. The Bertz CT molecular complexity index is 664. The van der Waals surface area contributed by atoms with Crippen LogP contribution in [0.2, 0.25) is 5.02 Å². The van der Waals surface area contributed by atoms with Gasteiger partial charge in [0.15, 0.2) is 5.82 Å². The summed E-state index contributed by atoms with van der Waals surface area (Å²) in [4.78, 5) is 8.01. The smallest absolute Gasteiger partial charge is 0.156 e. The van der Waals surface area contributed by atoms with Crippen LogP contribution in [-0.4, -0.2) is 19.7 Å². The zero-order valence-corrected chi connectivity index (χ0v) is 10.1. The lowest BCUT2D eigenvalue weighted by molar-refractivity contribution is 0.839. The number of aromatic nitrogens is 4. The molecule has 0 saturated heterocycles. The van der Waals surface area contributed by atoms with Gasteiger partial charge in [-0.2, -0.15) is 5.10 Å². The first-order valence-electron chi connectivity index (χ1n) is 5.40. The van der Waals surface area contributed by atoms with Crippen LogP contribution < -0.4 is 0 Å². The van der Waals surface area contributed by atoms with Gasteiger partial charge in [0.2, 0.25) is 0 Å². The third-order valence-electron chi connectivity index (χ3n) is 2.57. The molecule has 2 aromatic heterocycles. The lowest BCUT2D eigenvalue weighted by Crippen LogP contribution is -1.96. The Hall–Kier alpha value is -2.20. The van der Waals surface area contributed by atoms with Crippen LogP contribution in [0.3, 0.4) is 0 Å². The highest BCUT2D eigenvalue weighted by atomic mass is 35.5. The van der Waals surface area contributed by atoms with Gasteiger partial charge in [-0.1, -0.05) is 29.8 Å². The highest BCUT2D eigenvalue weighted by molar-refractivity contribution is 6.33. The first-order valence-corrected chi connectivity index (χ1v) is 5.78. The van der Waals surface area contributed by atoms with Crippen molar-refractivity contribution in [2.45, 2.75) is 0 Å². The number of halogens is 1. The van der Waals surface area contributed by atoms with Crippen LogP contribution in [0.25, 0.3) is 16.9 Å². The molecular weight excluding hydrogens is 248 g/mol. The molecular formula is C13H9ClN4. The molecule has 0 atom stereocenters. The maximum absolute atomic E-state index is 6.15. The molecule has 0 radical (unpaired) electrons. The molecule has 0 fully saturated rings. The molecule has 0 amide bonds. The van der Waals surface area contributed by atoms with Crippen molar-refractivity contribution in [3.63, 3.8) is 0 Å². The molecule has 3 rings (SSSR count). The molecule has 4 nitrogen and oxygen atoms in total. The minimum atomic E-state index is 0.708. The van der Waals surface area contributed by atoms with E-state index in [9.17, 15) is 0 Å². The van der Waals surface area contributed by atoms with Crippen molar-refractivity contribution >= 4 is 11.6 Å². The van der Waals surface area contributed by atoms with E-state index in [1.165, 1.54) is 6.33 Å². The number of rotatable bonds is 2. The monoisotopic (exact) mass is 256 g/mol. The number of hydrogen-bond donors (Lipinski definition) is 0. The molecule has 2 heterocycles. The molecule has 3 aromatic rings. The number of nitrogens with zero attached hydrogens (tertiary/aromatic N) is 4. The Kier molecular flexibility index (Phi) is 2.78. The summed E-state index contributed by atoms with van der Waals surface area (Å²) in [6, 6.07) is 9.47. The van der Waals surface area contributed by atoms with Crippen molar-refractivity contribution in [1.82, 2.24) is 19.7 Å². The Balaban J connectivity index is 2.03. The molecule has 0 aliphatic rings. The minimum absolute atomic E-state index is 0.708. The van der Waals surface area contributed by atoms with Gasteiger partial charge in [0.05, 0.1) is 6.20 Å². The van der Waals surface area contributed by atoms with Gasteiger partial charge >= 0.3 is 0 Å². The average Bonchev–Trinajstić information content (AvgIpc) is 2.90. The zero-order valence-electron chi connectivity index (χ0n) is 9.36. The Labute approximate surface area is 109 Å². The van der Waals surface area contributed by atoms with E-state index in [2.05, 4.69) is 15.1 Å². The van der Waals surface area contributed by atoms with Gasteiger partial charge in [-0.3, -0.25) is 0 Å². The molecule has 0 spiro atoms. The summed E-state index contributed by atoms with van der Waals surface area (Å²) >= 11 is 6.15. The zero-order chi connectivity index (χ0) is 12.4. The van der Waals surface area contributed by atoms with Crippen molar-refractivity contribution < 1.29 is 0 Å². The number of benzene rings is 1. The SMILES string of the molecule is Clc1ccccc1-c1cnn(-c2ccncn2)c1. The van der Waals surface area contributed by atoms with Crippen molar-refractivity contribution in [3.05, 3.63) is 60.3 Å². The van der Waals surface area contributed by atoms with Gasteiger partial charge in [0, 0.05) is 34.6 Å². The molecule has 0 aliphatic carbocycles. The van der Waals surface area contributed by atoms with Crippen LogP contribution in [0.15, 0.2) is 55.2 Å². The van der Waals surface area contributed by atoms with E-state index in [1.54, 1.807) is 23.1 Å². The first kappa shape index (κ1) is 10.9. The Morgan fingerprint density at radius 2 is 2.00 bits per heavy atom. The molecule has 0 N–H and O–H groups in total. The van der Waals surface area contributed by atoms with Crippen LogP contribution in [0.5, 0.6) is 0 Å². The lowest BCUT2D eigenvalue weighted by Gasteiger charge is -2.00. The van der Waals surface area contributed by atoms with E-state index in [4.69, 9.17) is 11.6 Å². The topological polar surface area (TPSA) is 43.6 Å². The van der Waals surface area contributed by atoms with Crippen molar-refractivity contribution in [2.75, 3.05) is 0 Å². The van der Waals surface area contributed by atoms with Gasteiger partial charge < -0.3 is 0 Å². The second-order valence-electron chi connectivity index (χ2n) is 3.72. The van der Waals surface area contributed by atoms with Crippen molar-refractivity contribution in [1.29, 1.82) is 0 Å². The van der Waals surface area contributed by atoms with Crippen molar-refractivity contribution in [3.8, 4) is 16.9 Å². The second kappa shape index (κ2) is 4.58. The quantitative estimate of drug-likeness (QED) is 0.708. The van der Waals surface area contributed by atoms with Gasteiger partial charge in [0.25, 0.3) is 0 Å². The first-order chi connectivity index (χ1) is 8.84. The summed E-state index contributed by atoms with van der Waals surface area (Å²) in [7, 11) is 0. The summed E-state index contributed by atoms with van der Waals surface area (Å²) in [6.45, 7) is 0. The van der Waals surface area contributed by atoms with Crippen LogP contribution in [0.4, 0.5) is 0 Å². The maximum atomic E-state index is 6.15. The fraction of sp³-hybridized carbons (Fsp3) is 0. The highest BCUT2D eigenvalue weighted by Gasteiger charge is 2.06. The Morgan fingerprint density at radius 3 is 2.78 bits per heavy atom. The average molecular weight is 257 g/mol. The van der Waals surface area contributed by atoms with E-state index in [0.717, 1.165) is 16.9 Å². The van der Waals surface area contributed by atoms with Crippen LogP contribution in [0.1, 0.15) is 0 Å². The molecule has 0 bridgehead atoms. The predicted molar refractivity (Wildman–Crippen MR) is 69.6 cm³/mol. The summed E-state index contributed by atoms with van der Waals surface area (Å²) in [5.41, 5.74) is 1.92. The van der Waals surface area contributed by atoms with Crippen LogP contribution in [0, 0.1) is 0 Å². The fourth-order valence-electron chi connectivity index (χ4n) is 1.70. The summed E-state index contributed by atoms with van der Waals surface area (Å²) in [5, 5.41) is 4.98. The summed E-state index contributed by atoms with van der Waals surface area (Å²) in [6.07, 6.45) is 6.83. The van der Waals surface area contributed by atoms with E-state index in [0.29, 0.717) is 5.02 Å². The highest BCUT2D eigenvalue weighted by Crippen LogP contribution is 2.27. The van der Waals surface area contributed by atoms with Gasteiger partial charge in [-0.15, -0.1) is 0 Å². The standard InChI is InChI=1S/C13H9ClN4/c14-12-4-2-1-3-11(12)10-7-17-18(8-10)13-5-6-15-9-16-13/h1-9H. The molecule has 88 valence electrons. The van der Waals surface area contributed by atoms with Gasteiger partial charge in [-0.25, -0.2) is 14.6 Å². The van der Waals surface area contributed by atoms with Gasteiger partial charge in [-0.05, 0) is 6.07 Å². The second-order valence-corrected chi connectivity index (χ2v) is 4.13. The van der Waals surface area contributed by atoms with Crippen LogP contribution >= 0.6 is 11.6 Å². The fourth-order valence-corrected chi connectivity index (χ4v) is 1.95. The molecule has 1 aromatic carbocycles. The molecule has 0 saturated carbocycles. The third kappa shape index (κ3) is 1.98. The summed E-state index contributed by atoms with van der Waals surface area (Å²) in [5.74, 6) is 0.725. The normalized spacial score (nSPS) is 10.5. The lowest BCUT2D eigenvalue weighted by atomic mass is 10.1. The van der Waals surface area contributed by atoms with E-state index >= 15 is 0 Å². The third-order valence-corrected chi connectivity index (χ3v) is 2.90. The molecule has 5 heteroatoms. The van der Waals surface area contributed by atoms with Crippen LogP contribution in [-0.2, 0) is 0 Å². The Morgan fingerprint density at radius 1 is 1.11 bits per heavy atom. The van der Waals surface area contributed by atoms with E-state index in [1.807, 2.05) is 30.5 Å². The largest absolute Gasteiger partial charge is 0.245 e. The maximum Gasteiger partial charge on any atom is 0.156 e. The predicted octanol–water partition coefficient (Wildman–Crippen LogP) is 2.98. The number of hydrogen-bond acceptors (Lipinski definition) is 3. The van der Waals surface area contributed by atoms with Crippen molar-refractivity contribution in [2.24, 2.45) is 0 Å². The van der Waals surface area contributed by atoms with E-state index < -0.39 is 0 Å². The minimum Gasteiger partial charge on any atom is -0.245 e. The molecule has 18 heavy (non-hydrogen) atoms. The van der Waals surface area contributed by atoms with E-state index in [-0.39, 0.29) is 0 Å². The molecule has 0 unspecified atom stereocenters.